The van der Waals surface area contributed by atoms with Gasteiger partial charge >= 0.3 is 0 Å². The van der Waals surface area contributed by atoms with E-state index in [9.17, 15) is 12.8 Å². The monoisotopic (exact) mass is 315 g/mol. The number of nitrogens with zero attached hydrogens (tertiary/aromatic N) is 1. The summed E-state index contributed by atoms with van der Waals surface area (Å²) in [6, 6.07) is 4.39. The van der Waals surface area contributed by atoms with E-state index in [2.05, 4.69) is 14.9 Å². The van der Waals surface area contributed by atoms with Crippen LogP contribution in [0.4, 0.5) is 4.39 Å². The van der Waals surface area contributed by atoms with Crippen LogP contribution in [-0.4, -0.2) is 46.5 Å². The Labute approximate surface area is 125 Å². The van der Waals surface area contributed by atoms with Crippen molar-refractivity contribution in [1.82, 2.24) is 14.9 Å². The van der Waals surface area contributed by atoms with Crippen LogP contribution in [0.2, 0.25) is 0 Å². The zero-order valence-electron chi connectivity index (χ0n) is 12.4. The van der Waals surface area contributed by atoms with E-state index in [-0.39, 0.29) is 10.9 Å². The number of rotatable bonds is 6. The molecule has 0 radical (unpaired) electrons. The van der Waals surface area contributed by atoms with Crippen LogP contribution in [0.5, 0.6) is 0 Å². The fourth-order valence-corrected chi connectivity index (χ4v) is 3.73. The maximum atomic E-state index is 14.0. The van der Waals surface area contributed by atoms with Crippen LogP contribution in [-0.2, 0) is 16.6 Å². The van der Waals surface area contributed by atoms with E-state index in [0.717, 1.165) is 19.4 Å². The van der Waals surface area contributed by atoms with Gasteiger partial charge in [0.15, 0.2) is 0 Å². The average Bonchev–Trinajstić information content (AvgIpc) is 2.82. The number of sulfonamides is 1. The van der Waals surface area contributed by atoms with Gasteiger partial charge in [-0.1, -0.05) is 6.07 Å². The van der Waals surface area contributed by atoms with Gasteiger partial charge in [-0.05, 0) is 51.2 Å². The molecule has 1 aliphatic rings. The first kappa shape index (κ1) is 16.4. The summed E-state index contributed by atoms with van der Waals surface area (Å²) in [4.78, 5) is 1.83. The molecule has 0 bridgehead atoms. The van der Waals surface area contributed by atoms with Crippen LogP contribution in [0.3, 0.4) is 0 Å². The molecule has 118 valence electrons. The molecule has 1 saturated heterocycles. The molecule has 2 rings (SSSR count). The van der Waals surface area contributed by atoms with Gasteiger partial charge in [0.2, 0.25) is 10.0 Å². The quantitative estimate of drug-likeness (QED) is 0.819. The van der Waals surface area contributed by atoms with Gasteiger partial charge in [-0.3, -0.25) is 0 Å². The van der Waals surface area contributed by atoms with E-state index in [1.54, 1.807) is 13.1 Å². The van der Waals surface area contributed by atoms with E-state index in [4.69, 9.17) is 0 Å². The smallest absolute Gasteiger partial charge is 0.243 e. The fraction of sp³-hybridized carbons (Fsp3) is 0.571. The highest BCUT2D eigenvalue weighted by Crippen LogP contribution is 2.18. The number of likely N-dealkylation sites (tertiary alicyclic amines) is 1. The third-order valence-electron chi connectivity index (χ3n) is 3.85. The number of halogens is 1. The molecule has 1 unspecified atom stereocenters. The molecule has 2 N–H and O–H groups in total. The number of hydrogen-bond donors (Lipinski definition) is 2. The van der Waals surface area contributed by atoms with Gasteiger partial charge in [-0.15, -0.1) is 0 Å². The number of nitrogens with one attached hydrogen (secondary N) is 2. The van der Waals surface area contributed by atoms with E-state index in [0.29, 0.717) is 18.7 Å². The van der Waals surface area contributed by atoms with Gasteiger partial charge in [0, 0.05) is 19.1 Å². The second-order valence-electron chi connectivity index (χ2n) is 5.42. The minimum atomic E-state index is -3.81. The lowest BCUT2D eigenvalue weighted by Crippen LogP contribution is -2.38. The Morgan fingerprint density at radius 2 is 2.19 bits per heavy atom. The van der Waals surface area contributed by atoms with Gasteiger partial charge in [-0.2, -0.15) is 0 Å². The predicted molar refractivity (Wildman–Crippen MR) is 80.0 cm³/mol. The predicted octanol–water partition coefficient (Wildman–Crippen LogP) is 0.918. The summed E-state index contributed by atoms with van der Waals surface area (Å²) < 4.78 is 40.9. The van der Waals surface area contributed by atoms with Crippen LogP contribution < -0.4 is 10.0 Å². The van der Waals surface area contributed by atoms with Crippen LogP contribution in [0.1, 0.15) is 18.4 Å². The van der Waals surface area contributed by atoms with Gasteiger partial charge in [0.05, 0.1) is 0 Å². The molecular weight excluding hydrogens is 293 g/mol. The van der Waals surface area contributed by atoms with Crippen LogP contribution in [0.15, 0.2) is 23.1 Å². The van der Waals surface area contributed by atoms with Crippen molar-refractivity contribution in [2.45, 2.75) is 30.3 Å². The minimum Gasteiger partial charge on any atom is -0.316 e. The van der Waals surface area contributed by atoms with Crippen molar-refractivity contribution in [3.05, 3.63) is 29.6 Å². The normalized spacial score (nSPS) is 20.0. The Bertz CT molecular complexity index is 592. The molecule has 1 atom stereocenters. The van der Waals surface area contributed by atoms with E-state index < -0.39 is 15.8 Å². The van der Waals surface area contributed by atoms with E-state index >= 15 is 0 Å². The van der Waals surface area contributed by atoms with Crippen molar-refractivity contribution in [2.75, 3.05) is 27.2 Å². The molecule has 1 aromatic carbocycles. The first-order chi connectivity index (χ1) is 9.94. The summed E-state index contributed by atoms with van der Waals surface area (Å²) in [5.74, 6) is -0.713. The summed E-state index contributed by atoms with van der Waals surface area (Å²) in [5.41, 5.74) is 0.712. The van der Waals surface area contributed by atoms with Gasteiger partial charge in [0.1, 0.15) is 10.7 Å². The summed E-state index contributed by atoms with van der Waals surface area (Å²) in [5, 5.41) is 2.90. The Morgan fingerprint density at radius 1 is 1.43 bits per heavy atom. The van der Waals surface area contributed by atoms with Crippen LogP contribution >= 0.6 is 0 Å². The first-order valence-corrected chi connectivity index (χ1v) is 8.55. The molecule has 5 nitrogen and oxygen atoms in total. The number of hydrogen-bond acceptors (Lipinski definition) is 4. The zero-order valence-corrected chi connectivity index (χ0v) is 13.2. The molecule has 7 heteroatoms. The molecule has 1 aliphatic heterocycles. The van der Waals surface area contributed by atoms with E-state index in [1.807, 2.05) is 7.05 Å². The Morgan fingerprint density at radius 3 is 2.76 bits per heavy atom. The van der Waals surface area contributed by atoms with E-state index in [1.165, 1.54) is 12.1 Å². The third kappa shape index (κ3) is 4.00. The lowest BCUT2D eigenvalue weighted by Gasteiger charge is -2.19. The highest BCUT2D eigenvalue weighted by molar-refractivity contribution is 7.89. The minimum absolute atomic E-state index is 0.186. The maximum absolute atomic E-state index is 14.0. The van der Waals surface area contributed by atoms with Crippen molar-refractivity contribution in [3.63, 3.8) is 0 Å². The molecule has 0 aromatic heterocycles. The summed E-state index contributed by atoms with van der Waals surface area (Å²) in [6.45, 7) is 1.79. The van der Waals surface area contributed by atoms with Crippen molar-refractivity contribution in [3.8, 4) is 0 Å². The highest BCUT2D eigenvalue weighted by atomic mass is 32.2. The number of benzene rings is 1. The molecule has 0 spiro atoms. The molecule has 1 heterocycles. The van der Waals surface area contributed by atoms with Crippen LogP contribution in [0.25, 0.3) is 0 Å². The first-order valence-electron chi connectivity index (χ1n) is 7.07. The Balaban J connectivity index is 2.08. The molecule has 1 fully saturated rings. The Kier molecular flexibility index (Phi) is 5.32. The second-order valence-corrected chi connectivity index (χ2v) is 7.16. The largest absolute Gasteiger partial charge is 0.316 e. The topological polar surface area (TPSA) is 61.4 Å². The number of likely N-dealkylation sites (N-methyl/N-ethyl adjacent to an activating group) is 1. The molecule has 1 aromatic rings. The fourth-order valence-electron chi connectivity index (χ4n) is 2.60. The highest BCUT2D eigenvalue weighted by Gasteiger charge is 2.25. The van der Waals surface area contributed by atoms with Gasteiger partial charge < -0.3 is 10.2 Å². The van der Waals surface area contributed by atoms with Gasteiger partial charge in [0.25, 0.3) is 0 Å². The summed E-state index contributed by atoms with van der Waals surface area (Å²) >= 11 is 0. The van der Waals surface area contributed by atoms with Gasteiger partial charge in [-0.25, -0.2) is 17.5 Å². The summed E-state index contributed by atoms with van der Waals surface area (Å²) in [7, 11) is -0.0821. The van der Waals surface area contributed by atoms with Crippen LogP contribution in [0, 0.1) is 5.82 Å². The Hall–Kier alpha value is -1.02. The molecular formula is C14H22FN3O2S. The SMILES string of the molecule is CNCc1ccc(S(=O)(=O)NCC2CCCN2C)c(F)c1. The third-order valence-corrected chi connectivity index (χ3v) is 5.30. The molecule has 21 heavy (non-hydrogen) atoms. The lowest BCUT2D eigenvalue weighted by molar-refractivity contribution is 0.310. The lowest BCUT2D eigenvalue weighted by atomic mass is 10.2. The average molecular weight is 315 g/mol. The molecule has 0 aliphatic carbocycles. The molecule has 0 amide bonds. The summed E-state index contributed by atoms with van der Waals surface area (Å²) in [6.07, 6.45) is 2.03. The zero-order chi connectivity index (χ0) is 15.5. The maximum Gasteiger partial charge on any atom is 0.243 e. The van der Waals surface area contributed by atoms with Crippen molar-refractivity contribution in [1.29, 1.82) is 0 Å². The molecule has 0 saturated carbocycles. The van der Waals surface area contributed by atoms with Crippen molar-refractivity contribution >= 4 is 10.0 Å². The second kappa shape index (κ2) is 6.83. The van der Waals surface area contributed by atoms with Crippen molar-refractivity contribution < 1.29 is 12.8 Å². The van der Waals surface area contributed by atoms with Crippen molar-refractivity contribution in [2.24, 2.45) is 0 Å². The standard InChI is InChI=1S/C14H22FN3O2S/c1-16-9-11-5-6-14(13(15)8-11)21(19,20)17-10-12-4-3-7-18(12)2/h5-6,8,12,16-17H,3-4,7,9-10H2,1-2H3.